The zero-order chi connectivity index (χ0) is 21.3. The normalized spacial score (nSPS) is 18.9. The van der Waals surface area contributed by atoms with Gasteiger partial charge in [-0.3, -0.25) is 4.79 Å². The lowest BCUT2D eigenvalue weighted by molar-refractivity contribution is 0.0594. The molecule has 3 aromatic rings. The molecule has 6 nitrogen and oxygen atoms in total. The topological polar surface area (TPSA) is 77.2 Å². The number of benzene rings is 1. The maximum atomic E-state index is 14.7. The number of ether oxygens (including phenoxy) is 1. The Balaban J connectivity index is 1.58. The summed E-state index contributed by atoms with van der Waals surface area (Å²) in [5.41, 5.74) is 0.578. The SMILES string of the molecule is Cn1ccc(-c2cc(O)c(-c3ccc(O[C@H]4CCCC[C@H]4F)nn3)cc2F)cc1=O. The molecule has 30 heavy (non-hydrogen) atoms. The molecule has 2 atom stereocenters. The Morgan fingerprint density at radius 1 is 1.10 bits per heavy atom. The van der Waals surface area contributed by atoms with Gasteiger partial charge in [0.05, 0.1) is 5.69 Å². The fourth-order valence-electron chi connectivity index (χ4n) is 3.57. The Morgan fingerprint density at radius 2 is 1.90 bits per heavy atom. The van der Waals surface area contributed by atoms with Gasteiger partial charge in [0, 0.05) is 36.5 Å². The van der Waals surface area contributed by atoms with E-state index in [1.807, 2.05) is 0 Å². The van der Waals surface area contributed by atoms with Crippen molar-refractivity contribution in [1.29, 1.82) is 0 Å². The third-order valence-corrected chi connectivity index (χ3v) is 5.31. The number of hydrogen-bond donors (Lipinski definition) is 1. The van der Waals surface area contributed by atoms with Crippen LogP contribution in [0.3, 0.4) is 0 Å². The maximum absolute atomic E-state index is 14.7. The molecule has 2 aromatic heterocycles. The van der Waals surface area contributed by atoms with Crippen LogP contribution in [-0.2, 0) is 7.05 Å². The molecule has 2 heterocycles. The van der Waals surface area contributed by atoms with Crippen molar-refractivity contribution in [3.8, 4) is 34.0 Å². The number of halogens is 2. The van der Waals surface area contributed by atoms with E-state index >= 15 is 0 Å². The first kappa shape index (κ1) is 20.0. The molecule has 0 aliphatic heterocycles. The summed E-state index contributed by atoms with van der Waals surface area (Å²) in [7, 11) is 1.59. The summed E-state index contributed by atoms with van der Waals surface area (Å²) in [5, 5.41) is 18.4. The van der Waals surface area contributed by atoms with Crippen molar-refractivity contribution < 1.29 is 18.6 Å². The van der Waals surface area contributed by atoms with E-state index in [0.717, 1.165) is 18.9 Å². The molecule has 1 aromatic carbocycles. The third kappa shape index (κ3) is 4.03. The largest absolute Gasteiger partial charge is 0.507 e. The number of aromatic nitrogens is 3. The molecular weight excluding hydrogens is 392 g/mol. The van der Waals surface area contributed by atoms with Crippen molar-refractivity contribution in [1.82, 2.24) is 14.8 Å². The van der Waals surface area contributed by atoms with Crippen molar-refractivity contribution >= 4 is 0 Å². The second-order valence-electron chi connectivity index (χ2n) is 7.43. The Hall–Kier alpha value is -3.29. The van der Waals surface area contributed by atoms with Crippen molar-refractivity contribution in [3.05, 3.63) is 58.8 Å². The first-order chi connectivity index (χ1) is 14.4. The number of aromatic hydroxyl groups is 1. The average Bonchev–Trinajstić information content (AvgIpc) is 2.74. The van der Waals surface area contributed by atoms with Gasteiger partial charge in [-0.05, 0) is 49.1 Å². The predicted octanol–water partition coefficient (Wildman–Crippen LogP) is 4.01. The second kappa shape index (κ2) is 8.22. The minimum absolute atomic E-state index is 0.105. The molecule has 1 N–H and O–H groups in total. The Bertz CT molecular complexity index is 1120. The number of nitrogens with zero attached hydrogens (tertiary/aromatic N) is 3. The predicted molar refractivity (Wildman–Crippen MR) is 108 cm³/mol. The van der Waals surface area contributed by atoms with Gasteiger partial charge in [-0.1, -0.05) is 6.42 Å². The molecule has 8 heteroatoms. The number of alkyl halides is 1. The lowest BCUT2D eigenvalue weighted by Crippen LogP contribution is -2.32. The van der Waals surface area contributed by atoms with Crippen LogP contribution in [0.4, 0.5) is 8.78 Å². The van der Waals surface area contributed by atoms with Crippen LogP contribution in [0.15, 0.2) is 47.4 Å². The molecule has 0 amide bonds. The third-order valence-electron chi connectivity index (χ3n) is 5.31. The molecule has 4 rings (SSSR count). The fourth-order valence-corrected chi connectivity index (χ4v) is 3.57. The zero-order valence-electron chi connectivity index (χ0n) is 16.4. The molecule has 0 saturated heterocycles. The molecule has 1 aliphatic carbocycles. The van der Waals surface area contributed by atoms with Crippen molar-refractivity contribution in [2.24, 2.45) is 7.05 Å². The van der Waals surface area contributed by atoms with Crippen LogP contribution in [-0.4, -0.2) is 32.1 Å². The minimum Gasteiger partial charge on any atom is -0.507 e. The highest BCUT2D eigenvalue weighted by Crippen LogP contribution is 2.35. The highest BCUT2D eigenvalue weighted by molar-refractivity contribution is 5.74. The molecule has 0 radical (unpaired) electrons. The van der Waals surface area contributed by atoms with Crippen molar-refractivity contribution in [2.75, 3.05) is 0 Å². The maximum Gasteiger partial charge on any atom is 0.250 e. The van der Waals surface area contributed by atoms with E-state index in [9.17, 15) is 18.7 Å². The van der Waals surface area contributed by atoms with Gasteiger partial charge in [-0.25, -0.2) is 8.78 Å². The summed E-state index contributed by atoms with van der Waals surface area (Å²) in [4.78, 5) is 11.8. The van der Waals surface area contributed by atoms with Crippen LogP contribution in [0.25, 0.3) is 22.4 Å². The van der Waals surface area contributed by atoms with E-state index in [-0.39, 0.29) is 34.0 Å². The summed E-state index contributed by atoms with van der Waals surface area (Å²) in [5.74, 6) is -0.628. The van der Waals surface area contributed by atoms with Crippen molar-refractivity contribution in [2.45, 2.75) is 38.0 Å². The van der Waals surface area contributed by atoms with Gasteiger partial charge < -0.3 is 14.4 Å². The Labute approximate surface area is 171 Å². The summed E-state index contributed by atoms with van der Waals surface area (Å²) >= 11 is 0. The Kier molecular flexibility index (Phi) is 5.48. The van der Waals surface area contributed by atoms with E-state index in [1.165, 1.54) is 35.0 Å². The smallest absolute Gasteiger partial charge is 0.250 e. The lowest BCUT2D eigenvalue weighted by atomic mass is 9.96. The van der Waals surface area contributed by atoms with Gasteiger partial charge in [0.1, 0.15) is 23.8 Å². The molecule has 0 spiro atoms. The molecule has 1 fully saturated rings. The number of phenols is 1. The van der Waals surface area contributed by atoms with Crippen LogP contribution in [0.1, 0.15) is 25.7 Å². The fraction of sp³-hybridized carbons (Fsp3) is 0.318. The number of aryl methyl sites for hydroxylation is 1. The van der Waals surface area contributed by atoms with Gasteiger partial charge >= 0.3 is 0 Å². The van der Waals surface area contributed by atoms with E-state index in [1.54, 1.807) is 13.1 Å². The first-order valence-corrected chi connectivity index (χ1v) is 9.77. The van der Waals surface area contributed by atoms with Gasteiger partial charge in [0.15, 0.2) is 0 Å². The van der Waals surface area contributed by atoms with Crippen LogP contribution in [0, 0.1) is 5.82 Å². The van der Waals surface area contributed by atoms with Gasteiger partial charge in [0.2, 0.25) is 5.88 Å². The molecular formula is C22H21F2N3O3. The number of hydrogen-bond acceptors (Lipinski definition) is 5. The average molecular weight is 413 g/mol. The number of phenolic OH excluding ortho intramolecular Hbond substituents is 1. The standard InChI is InChI=1S/C22H21F2N3O3/c1-27-9-8-13(10-22(27)29)14-12-19(28)15(11-17(14)24)18-6-7-21(26-25-18)30-20-5-3-2-4-16(20)23/h6-12,16,20,28H,2-5H2,1H3/t16-,20+/m1/s1. The summed E-state index contributed by atoms with van der Waals surface area (Å²) in [6.07, 6.45) is 2.82. The molecule has 156 valence electrons. The lowest BCUT2D eigenvalue weighted by Gasteiger charge is -2.25. The van der Waals surface area contributed by atoms with Gasteiger partial charge in [-0.2, -0.15) is 0 Å². The van der Waals surface area contributed by atoms with E-state index < -0.39 is 18.1 Å². The zero-order valence-corrected chi connectivity index (χ0v) is 16.4. The summed E-state index contributed by atoms with van der Waals surface area (Å²) in [6, 6.07) is 8.34. The van der Waals surface area contributed by atoms with Crippen LogP contribution < -0.4 is 10.3 Å². The number of rotatable bonds is 4. The molecule has 1 saturated carbocycles. The van der Waals surface area contributed by atoms with E-state index in [4.69, 9.17) is 4.74 Å². The number of pyridine rings is 1. The molecule has 0 unspecified atom stereocenters. The minimum atomic E-state index is -1.03. The molecule has 0 bridgehead atoms. The van der Waals surface area contributed by atoms with Crippen LogP contribution in [0.2, 0.25) is 0 Å². The van der Waals surface area contributed by atoms with Gasteiger partial charge in [-0.15, -0.1) is 10.2 Å². The highest BCUT2D eigenvalue weighted by atomic mass is 19.1. The second-order valence-corrected chi connectivity index (χ2v) is 7.43. The highest BCUT2D eigenvalue weighted by Gasteiger charge is 2.27. The van der Waals surface area contributed by atoms with E-state index in [2.05, 4.69) is 10.2 Å². The Morgan fingerprint density at radius 3 is 2.60 bits per heavy atom. The monoisotopic (exact) mass is 413 g/mol. The van der Waals surface area contributed by atoms with Crippen LogP contribution >= 0.6 is 0 Å². The summed E-state index contributed by atoms with van der Waals surface area (Å²) < 4.78 is 35.6. The van der Waals surface area contributed by atoms with Crippen molar-refractivity contribution in [3.63, 3.8) is 0 Å². The first-order valence-electron chi connectivity index (χ1n) is 9.77. The summed E-state index contributed by atoms with van der Waals surface area (Å²) in [6.45, 7) is 0. The molecule has 1 aliphatic rings. The van der Waals surface area contributed by atoms with E-state index in [0.29, 0.717) is 18.4 Å². The quantitative estimate of drug-likeness (QED) is 0.699. The van der Waals surface area contributed by atoms with Crippen LogP contribution in [0.5, 0.6) is 11.6 Å². The van der Waals surface area contributed by atoms with Gasteiger partial charge in [0.25, 0.3) is 5.56 Å².